The normalized spacial score (nSPS) is 11.4. The summed E-state index contributed by atoms with van der Waals surface area (Å²) >= 11 is 0. The van der Waals surface area contributed by atoms with Gasteiger partial charge in [-0.3, -0.25) is 0 Å². The Morgan fingerprint density at radius 3 is 2.40 bits per heavy atom. The van der Waals surface area contributed by atoms with E-state index in [0.29, 0.717) is 28.6 Å². The van der Waals surface area contributed by atoms with E-state index in [-0.39, 0.29) is 49.5 Å². The fraction of sp³-hybridized carbons (Fsp3) is 0.118. The van der Waals surface area contributed by atoms with E-state index in [2.05, 4.69) is 15.4 Å². The molecule has 0 bridgehead atoms. The number of aromatic nitrogens is 3. The van der Waals surface area contributed by atoms with Crippen molar-refractivity contribution in [1.82, 2.24) is 15.4 Å². The number of fused-ring (bicyclic) bond motifs is 1. The molecule has 1 aromatic heterocycles. The number of hydrogen-bond donors (Lipinski definition) is 1. The molecule has 0 amide bonds. The predicted molar refractivity (Wildman–Crippen MR) is 85.8 cm³/mol. The zero-order valence-electron chi connectivity index (χ0n) is 14.2. The van der Waals surface area contributed by atoms with Crippen LogP contribution in [0.1, 0.15) is 0 Å². The predicted octanol–water partition coefficient (Wildman–Crippen LogP) is -0.596. The molecule has 1 aliphatic heterocycles. The van der Waals surface area contributed by atoms with Crippen LogP contribution in [0, 0.1) is 7.43 Å². The first-order valence-electron chi connectivity index (χ1n) is 6.92. The van der Waals surface area contributed by atoms with E-state index >= 15 is 0 Å². The van der Waals surface area contributed by atoms with Crippen molar-refractivity contribution in [2.45, 2.75) is 0 Å². The van der Waals surface area contributed by atoms with E-state index in [1.807, 2.05) is 12.1 Å². The van der Waals surface area contributed by atoms with Gasteiger partial charge in [0.1, 0.15) is 11.4 Å². The fourth-order valence-corrected chi connectivity index (χ4v) is 2.51. The Hall–Kier alpha value is -2.22. The van der Waals surface area contributed by atoms with Crippen LogP contribution in [0.5, 0.6) is 23.0 Å². The van der Waals surface area contributed by atoms with Crippen molar-refractivity contribution in [3.8, 4) is 45.5 Å². The first-order valence-corrected chi connectivity index (χ1v) is 6.92. The zero-order chi connectivity index (χ0) is 15.8. The second kappa shape index (κ2) is 7.77. The molecule has 0 saturated carbocycles. The van der Waals surface area contributed by atoms with Crippen molar-refractivity contribution in [1.29, 1.82) is 0 Å². The third-order valence-corrected chi connectivity index (χ3v) is 3.61. The fourth-order valence-electron chi connectivity index (χ4n) is 2.51. The van der Waals surface area contributed by atoms with Crippen molar-refractivity contribution >= 4 is 0 Å². The van der Waals surface area contributed by atoms with Gasteiger partial charge in [-0.05, 0) is 12.1 Å². The third-order valence-electron chi connectivity index (χ3n) is 3.61. The van der Waals surface area contributed by atoms with Gasteiger partial charge in [-0.2, -0.15) is 15.4 Å². The van der Waals surface area contributed by atoms with Gasteiger partial charge >= 0.3 is 29.6 Å². The number of rotatable bonds is 3. The Labute approximate surface area is 167 Å². The van der Waals surface area contributed by atoms with Gasteiger partial charge in [0, 0.05) is 11.1 Å². The van der Waals surface area contributed by atoms with Crippen molar-refractivity contribution < 1.29 is 48.9 Å². The van der Waals surface area contributed by atoms with E-state index in [1.54, 1.807) is 19.2 Å². The summed E-state index contributed by atoms with van der Waals surface area (Å²) in [7, 11) is 1.57. The molecule has 1 N–H and O–H groups in total. The molecule has 3 aromatic rings. The maximum atomic E-state index is 11.3. The van der Waals surface area contributed by atoms with E-state index in [0.717, 1.165) is 11.1 Å². The molecule has 0 unspecified atom stereocenters. The molecule has 0 spiro atoms. The Bertz CT molecular complexity index is 865. The second-order valence-electron chi connectivity index (χ2n) is 4.96. The summed E-state index contributed by atoms with van der Waals surface area (Å²) in [5.74, 6) is 1.70. The molecular formula is C17H15N3NaO4-. The first-order chi connectivity index (χ1) is 11.3. The number of nitrogens with zero attached hydrogens (tertiary/aromatic N) is 2. The summed E-state index contributed by atoms with van der Waals surface area (Å²) in [5.41, 5.74) is 2.86. The van der Waals surface area contributed by atoms with Gasteiger partial charge in [-0.15, -0.1) is 5.75 Å². The number of methoxy groups -OCH3 is 1. The summed E-state index contributed by atoms with van der Waals surface area (Å²) in [5, 5.41) is 22.3. The monoisotopic (exact) mass is 348 g/mol. The maximum Gasteiger partial charge on any atom is 1.00 e. The van der Waals surface area contributed by atoms with Gasteiger partial charge in [0.2, 0.25) is 12.5 Å². The summed E-state index contributed by atoms with van der Waals surface area (Å²) < 4.78 is 16.2. The Balaban J connectivity index is 0.00000113. The van der Waals surface area contributed by atoms with Gasteiger partial charge in [0.25, 0.3) is 0 Å². The molecule has 1 aliphatic rings. The minimum Gasteiger partial charge on any atom is -0.872 e. The van der Waals surface area contributed by atoms with Crippen LogP contribution in [-0.2, 0) is 0 Å². The minimum absolute atomic E-state index is 0. The van der Waals surface area contributed by atoms with E-state index in [1.165, 1.54) is 12.1 Å². The van der Waals surface area contributed by atoms with Gasteiger partial charge in [0.05, 0.1) is 7.11 Å². The van der Waals surface area contributed by atoms with E-state index in [4.69, 9.17) is 14.2 Å². The molecule has 2 aromatic carbocycles. The molecule has 2 heterocycles. The van der Waals surface area contributed by atoms with E-state index < -0.39 is 0 Å². The van der Waals surface area contributed by atoms with Crippen LogP contribution in [0.15, 0.2) is 36.4 Å². The summed E-state index contributed by atoms with van der Waals surface area (Å²) in [6, 6.07) is 10.1. The van der Waals surface area contributed by atoms with Crippen molar-refractivity contribution in [3.05, 3.63) is 43.8 Å². The van der Waals surface area contributed by atoms with E-state index in [9.17, 15) is 5.11 Å². The average molecular weight is 348 g/mol. The summed E-state index contributed by atoms with van der Waals surface area (Å²) in [4.78, 5) is 0. The number of benzene rings is 2. The molecule has 124 valence electrons. The molecule has 25 heavy (non-hydrogen) atoms. The van der Waals surface area contributed by atoms with Crippen molar-refractivity contribution in [2.24, 2.45) is 0 Å². The molecular weight excluding hydrogens is 333 g/mol. The number of hydrogen-bond acceptors (Lipinski definition) is 6. The molecule has 0 saturated heterocycles. The van der Waals surface area contributed by atoms with Gasteiger partial charge in [0.15, 0.2) is 11.5 Å². The van der Waals surface area contributed by atoms with Crippen LogP contribution in [0.25, 0.3) is 22.5 Å². The number of nitrogens with one attached hydrogen (secondary N) is 1. The number of aromatic amines is 1. The average Bonchev–Trinajstić information content (AvgIpc) is 3.23. The van der Waals surface area contributed by atoms with Gasteiger partial charge in [-0.25, -0.2) is 0 Å². The smallest absolute Gasteiger partial charge is 0.872 e. The minimum atomic E-state index is -0.0523. The topological polar surface area (TPSA) is 92.3 Å². The van der Waals surface area contributed by atoms with Crippen LogP contribution < -0.4 is 48.9 Å². The van der Waals surface area contributed by atoms with Crippen LogP contribution in [0.4, 0.5) is 0 Å². The zero-order valence-corrected chi connectivity index (χ0v) is 16.2. The van der Waals surface area contributed by atoms with Crippen LogP contribution >= 0.6 is 0 Å². The SMILES string of the molecule is COc1cc(-c2n[nH]nc2-c2ccc([O-])cc2)cc2c1OCO2.[CH3-].[Na+]. The van der Waals surface area contributed by atoms with Crippen LogP contribution in [0.3, 0.4) is 0 Å². The molecule has 0 fully saturated rings. The quantitative estimate of drug-likeness (QED) is 0.502. The molecule has 7 nitrogen and oxygen atoms in total. The summed E-state index contributed by atoms with van der Waals surface area (Å²) in [6.45, 7) is 0.159. The molecule has 0 aliphatic carbocycles. The van der Waals surface area contributed by atoms with Crippen molar-refractivity contribution in [3.63, 3.8) is 0 Å². The second-order valence-corrected chi connectivity index (χ2v) is 4.96. The molecule has 0 radical (unpaired) electrons. The standard InChI is InChI=1S/C16H13N3O4.CH3.Na/c1-21-12-6-10(7-13-16(12)23-8-22-13)15-14(17-19-18-15)9-2-4-11(20)5-3-9;;/h2-7,20H,8H2,1H3,(H,17,18,19);1H3;/q;-1;+1/p-1. The molecule has 4 rings (SSSR count). The summed E-state index contributed by atoms with van der Waals surface area (Å²) in [6.07, 6.45) is 0. The number of H-pyrrole nitrogens is 1. The molecule has 8 heteroatoms. The third kappa shape index (κ3) is 3.44. The first kappa shape index (κ1) is 19.1. The van der Waals surface area contributed by atoms with Gasteiger partial charge < -0.3 is 26.7 Å². The van der Waals surface area contributed by atoms with Gasteiger partial charge in [-0.1, -0.05) is 24.3 Å². The van der Waals surface area contributed by atoms with Crippen LogP contribution in [-0.4, -0.2) is 29.3 Å². The Kier molecular flexibility index (Phi) is 5.94. The van der Waals surface area contributed by atoms with Crippen LogP contribution in [0.2, 0.25) is 0 Å². The van der Waals surface area contributed by atoms with Crippen molar-refractivity contribution in [2.75, 3.05) is 13.9 Å². The number of ether oxygens (including phenoxy) is 3. The Morgan fingerprint density at radius 2 is 1.72 bits per heavy atom. The maximum absolute atomic E-state index is 11.3. The molecule has 0 atom stereocenters. The Morgan fingerprint density at radius 1 is 1.04 bits per heavy atom. The largest absolute Gasteiger partial charge is 1.00 e.